The normalized spacial score (nSPS) is 17.9. The van der Waals surface area contributed by atoms with Crippen LogP contribution in [0.3, 0.4) is 0 Å². The van der Waals surface area contributed by atoms with E-state index in [4.69, 9.17) is 0 Å². The Balaban J connectivity index is 2.59. The molecule has 0 radical (unpaired) electrons. The average molecular weight is 227 g/mol. The molecule has 0 amide bonds. The lowest BCUT2D eigenvalue weighted by atomic mass is 10.1. The number of aromatic nitrogens is 2. The van der Waals surface area contributed by atoms with Crippen molar-refractivity contribution in [3.63, 3.8) is 0 Å². The van der Waals surface area contributed by atoms with Gasteiger partial charge in [0.15, 0.2) is 0 Å². The van der Waals surface area contributed by atoms with Crippen LogP contribution in [0.15, 0.2) is 9.79 Å². The zero-order chi connectivity index (χ0) is 11.1. The molecule has 0 unspecified atom stereocenters. The summed E-state index contributed by atoms with van der Waals surface area (Å²) in [6.07, 6.45) is 2.25. The van der Waals surface area contributed by atoms with Crippen LogP contribution in [-0.4, -0.2) is 14.9 Å². The van der Waals surface area contributed by atoms with E-state index in [2.05, 4.69) is 25.8 Å². The van der Waals surface area contributed by atoms with Gasteiger partial charge in [0.2, 0.25) is 4.80 Å². The van der Waals surface area contributed by atoms with Crippen molar-refractivity contribution in [1.82, 2.24) is 9.36 Å². The molecule has 0 saturated heterocycles. The molecule has 0 N–H and O–H groups in total. The van der Waals surface area contributed by atoms with Crippen LogP contribution in [0.25, 0.3) is 0 Å². The molecule has 0 fully saturated rings. The average Bonchev–Trinajstić information content (AvgIpc) is 2.42. The zero-order valence-electron chi connectivity index (χ0n) is 9.49. The van der Waals surface area contributed by atoms with Gasteiger partial charge in [-0.15, -0.1) is 0 Å². The van der Waals surface area contributed by atoms with E-state index in [1.807, 2.05) is 9.36 Å². The van der Waals surface area contributed by atoms with Crippen LogP contribution < -0.4 is 9.67 Å². The highest BCUT2D eigenvalue weighted by Crippen LogP contribution is 2.07. The molecule has 4 nitrogen and oxygen atoms in total. The lowest BCUT2D eigenvalue weighted by Crippen LogP contribution is -2.32. The SMILES string of the molecule is CC(C)(C)N=c1sc(=O)n2n1CCCC2. The highest BCUT2D eigenvalue weighted by atomic mass is 32.1. The molecule has 0 saturated carbocycles. The van der Waals surface area contributed by atoms with E-state index in [1.54, 1.807) is 0 Å². The Bertz CT molecular complexity index is 472. The molecule has 0 atom stereocenters. The van der Waals surface area contributed by atoms with Gasteiger partial charge in [0, 0.05) is 13.1 Å². The minimum absolute atomic E-state index is 0.115. The predicted molar refractivity (Wildman–Crippen MR) is 61.1 cm³/mol. The van der Waals surface area contributed by atoms with E-state index in [1.165, 1.54) is 11.3 Å². The first-order valence-electron chi connectivity index (χ1n) is 5.34. The molecule has 0 spiro atoms. The number of fused-ring (bicyclic) bond motifs is 1. The summed E-state index contributed by atoms with van der Waals surface area (Å²) in [6.45, 7) is 7.93. The summed E-state index contributed by atoms with van der Waals surface area (Å²) in [5.74, 6) is 0. The minimum atomic E-state index is -0.115. The molecule has 2 heterocycles. The van der Waals surface area contributed by atoms with Crippen LogP contribution in [-0.2, 0) is 13.1 Å². The molecule has 1 aliphatic rings. The van der Waals surface area contributed by atoms with Gasteiger partial charge in [0.25, 0.3) is 0 Å². The third kappa shape index (κ3) is 2.22. The van der Waals surface area contributed by atoms with E-state index in [-0.39, 0.29) is 10.4 Å². The Morgan fingerprint density at radius 3 is 2.40 bits per heavy atom. The Hall–Kier alpha value is -0.840. The molecule has 1 aromatic rings. The monoisotopic (exact) mass is 227 g/mol. The molecule has 1 aromatic heterocycles. The van der Waals surface area contributed by atoms with Gasteiger partial charge in [-0.2, -0.15) is 0 Å². The lowest BCUT2D eigenvalue weighted by Gasteiger charge is -2.17. The summed E-state index contributed by atoms with van der Waals surface area (Å²) in [5.41, 5.74) is -0.115. The molecule has 0 aromatic carbocycles. The third-order valence-electron chi connectivity index (χ3n) is 2.32. The van der Waals surface area contributed by atoms with E-state index in [0.717, 1.165) is 30.7 Å². The Labute approximate surface area is 92.9 Å². The highest BCUT2D eigenvalue weighted by molar-refractivity contribution is 7.06. The second-order valence-corrected chi connectivity index (χ2v) is 5.81. The topological polar surface area (TPSA) is 39.3 Å². The number of nitrogens with zero attached hydrogens (tertiary/aromatic N) is 3. The van der Waals surface area contributed by atoms with Gasteiger partial charge in [0.05, 0.1) is 5.54 Å². The molecular weight excluding hydrogens is 210 g/mol. The van der Waals surface area contributed by atoms with Crippen LogP contribution >= 0.6 is 11.3 Å². The first-order valence-corrected chi connectivity index (χ1v) is 6.16. The van der Waals surface area contributed by atoms with Gasteiger partial charge >= 0.3 is 4.87 Å². The molecule has 15 heavy (non-hydrogen) atoms. The quantitative estimate of drug-likeness (QED) is 0.656. The maximum absolute atomic E-state index is 11.7. The number of hydrogen-bond acceptors (Lipinski definition) is 3. The molecule has 84 valence electrons. The minimum Gasteiger partial charge on any atom is -0.256 e. The second-order valence-electron chi connectivity index (χ2n) is 4.89. The highest BCUT2D eigenvalue weighted by Gasteiger charge is 2.14. The van der Waals surface area contributed by atoms with Crippen molar-refractivity contribution in [2.45, 2.75) is 52.2 Å². The van der Waals surface area contributed by atoms with Crippen LogP contribution in [0.1, 0.15) is 33.6 Å². The van der Waals surface area contributed by atoms with Crippen molar-refractivity contribution in [1.29, 1.82) is 0 Å². The fourth-order valence-electron chi connectivity index (χ4n) is 1.70. The lowest BCUT2D eigenvalue weighted by molar-refractivity contribution is 0.341. The maximum Gasteiger partial charge on any atom is 0.325 e. The van der Waals surface area contributed by atoms with Crippen molar-refractivity contribution in [3.05, 3.63) is 14.5 Å². The number of rotatable bonds is 0. The van der Waals surface area contributed by atoms with E-state index in [9.17, 15) is 4.79 Å². The second kappa shape index (κ2) is 3.63. The van der Waals surface area contributed by atoms with Gasteiger partial charge in [-0.3, -0.25) is 14.5 Å². The van der Waals surface area contributed by atoms with E-state index >= 15 is 0 Å². The van der Waals surface area contributed by atoms with Gasteiger partial charge in [-0.05, 0) is 44.9 Å². The standard InChI is InChI=1S/C10H17N3OS/c1-10(2,3)11-8-12-6-4-5-7-13(12)9(14)15-8/h4-7H2,1-3H3. The third-order valence-corrected chi connectivity index (χ3v) is 3.19. The summed E-state index contributed by atoms with van der Waals surface area (Å²) in [7, 11) is 0. The molecule has 0 aliphatic carbocycles. The molecule has 5 heteroatoms. The Morgan fingerprint density at radius 1 is 1.20 bits per heavy atom. The van der Waals surface area contributed by atoms with E-state index in [0.29, 0.717) is 0 Å². The first-order chi connectivity index (χ1) is 6.97. The van der Waals surface area contributed by atoms with Crippen molar-refractivity contribution < 1.29 is 0 Å². The van der Waals surface area contributed by atoms with Crippen molar-refractivity contribution in [2.75, 3.05) is 0 Å². The fraction of sp³-hybridized carbons (Fsp3) is 0.800. The molecule has 2 rings (SSSR count). The molecular formula is C10H17N3OS. The smallest absolute Gasteiger partial charge is 0.256 e. The van der Waals surface area contributed by atoms with Crippen LogP contribution in [0.2, 0.25) is 0 Å². The zero-order valence-corrected chi connectivity index (χ0v) is 10.3. The summed E-state index contributed by atoms with van der Waals surface area (Å²) < 4.78 is 3.85. The van der Waals surface area contributed by atoms with Gasteiger partial charge in [-0.25, -0.2) is 4.68 Å². The predicted octanol–water partition coefficient (Wildman–Crippen LogP) is 1.20. The van der Waals surface area contributed by atoms with Crippen molar-refractivity contribution in [2.24, 2.45) is 4.99 Å². The fourth-order valence-corrected chi connectivity index (χ4v) is 2.77. The maximum atomic E-state index is 11.7. The van der Waals surface area contributed by atoms with Gasteiger partial charge in [-0.1, -0.05) is 0 Å². The molecule has 0 bridgehead atoms. The summed E-state index contributed by atoms with van der Waals surface area (Å²) in [5, 5.41) is 0. The van der Waals surface area contributed by atoms with Crippen molar-refractivity contribution >= 4 is 11.3 Å². The summed E-state index contributed by atoms with van der Waals surface area (Å²) in [6, 6.07) is 0. The largest absolute Gasteiger partial charge is 0.325 e. The van der Waals surface area contributed by atoms with Crippen LogP contribution in [0.5, 0.6) is 0 Å². The summed E-state index contributed by atoms with van der Waals surface area (Å²) >= 11 is 1.26. The first kappa shape index (κ1) is 10.7. The van der Waals surface area contributed by atoms with Gasteiger partial charge < -0.3 is 0 Å². The Kier molecular flexibility index (Phi) is 2.58. The van der Waals surface area contributed by atoms with Gasteiger partial charge in [0.1, 0.15) is 0 Å². The summed E-state index contributed by atoms with van der Waals surface area (Å²) in [4.78, 5) is 17.2. The Morgan fingerprint density at radius 2 is 1.80 bits per heavy atom. The number of hydrogen-bond donors (Lipinski definition) is 0. The molecule has 1 aliphatic heterocycles. The van der Waals surface area contributed by atoms with Crippen LogP contribution in [0, 0.1) is 0 Å². The van der Waals surface area contributed by atoms with E-state index < -0.39 is 0 Å². The van der Waals surface area contributed by atoms with Crippen molar-refractivity contribution in [3.8, 4) is 0 Å². The van der Waals surface area contributed by atoms with Crippen LogP contribution in [0.4, 0.5) is 0 Å².